The molecule has 0 radical (unpaired) electrons. The van der Waals surface area contributed by atoms with Crippen molar-refractivity contribution in [2.45, 2.75) is 38.1 Å². The van der Waals surface area contributed by atoms with Crippen LogP contribution in [-0.2, 0) is 6.54 Å². The van der Waals surface area contributed by atoms with Crippen LogP contribution in [0, 0.1) is 6.92 Å². The van der Waals surface area contributed by atoms with Crippen molar-refractivity contribution in [3.63, 3.8) is 0 Å². The maximum absolute atomic E-state index is 10.1. The summed E-state index contributed by atoms with van der Waals surface area (Å²) in [5.74, 6) is 0. The average Bonchev–Trinajstić information content (AvgIpc) is 3.04. The molecule has 0 aliphatic heterocycles. The second-order valence-corrected chi connectivity index (χ2v) is 6.69. The van der Waals surface area contributed by atoms with Crippen LogP contribution in [-0.4, -0.2) is 32.0 Å². The molecule has 1 saturated carbocycles. The van der Waals surface area contributed by atoms with Crippen molar-refractivity contribution in [3.05, 3.63) is 72.2 Å². The van der Waals surface area contributed by atoms with E-state index < -0.39 is 0 Å². The molecule has 0 amide bonds. The lowest BCUT2D eigenvalue weighted by molar-refractivity contribution is -0.00823. The fourth-order valence-electron chi connectivity index (χ4n) is 3.40. The van der Waals surface area contributed by atoms with Crippen LogP contribution >= 0.6 is 0 Å². The number of aryl methyl sites for hydroxylation is 1. The molecule has 5 nitrogen and oxygen atoms in total. The number of aliphatic hydroxyl groups is 1. The van der Waals surface area contributed by atoms with Gasteiger partial charge in [0, 0.05) is 30.5 Å². The predicted molar refractivity (Wildman–Crippen MR) is 96.9 cm³/mol. The largest absolute Gasteiger partial charge is 0.391 e. The molecule has 0 saturated heterocycles. The summed E-state index contributed by atoms with van der Waals surface area (Å²) < 4.78 is 1.88. The summed E-state index contributed by atoms with van der Waals surface area (Å²) in [6, 6.07) is 14.6. The number of benzene rings is 1. The second-order valence-electron chi connectivity index (χ2n) is 6.69. The van der Waals surface area contributed by atoms with Crippen LogP contribution in [0.1, 0.15) is 23.6 Å². The molecule has 1 aliphatic rings. The molecule has 1 aromatic carbocycles. The third kappa shape index (κ3) is 3.34. The number of nitrogens with one attached hydrogen (secondary N) is 1. The first-order valence-electron chi connectivity index (χ1n) is 8.63. The Kier molecular flexibility index (Phi) is 4.34. The molecule has 0 spiro atoms. The first-order chi connectivity index (χ1) is 12.2. The second kappa shape index (κ2) is 6.78. The Bertz CT molecular complexity index is 846. The van der Waals surface area contributed by atoms with Crippen molar-refractivity contribution in [1.82, 2.24) is 20.1 Å². The zero-order valence-electron chi connectivity index (χ0n) is 14.2. The van der Waals surface area contributed by atoms with Crippen molar-refractivity contribution in [2.75, 3.05) is 0 Å². The Hall–Kier alpha value is -2.50. The smallest absolute Gasteiger partial charge is 0.0932 e. The molecule has 5 heteroatoms. The van der Waals surface area contributed by atoms with Crippen molar-refractivity contribution in [1.29, 1.82) is 0 Å². The van der Waals surface area contributed by atoms with E-state index in [2.05, 4.69) is 39.7 Å². The summed E-state index contributed by atoms with van der Waals surface area (Å²) in [5, 5.41) is 18.0. The minimum absolute atomic E-state index is 0.00710. The topological polar surface area (TPSA) is 63.0 Å². The first-order valence-corrected chi connectivity index (χ1v) is 8.63. The summed E-state index contributed by atoms with van der Waals surface area (Å²) in [6.07, 6.45) is 6.05. The quantitative estimate of drug-likeness (QED) is 0.753. The molecule has 2 aromatic heterocycles. The molecule has 0 unspecified atom stereocenters. The molecule has 1 aliphatic carbocycles. The highest BCUT2D eigenvalue weighted by molar-refractivity contribution is 5.59. The maximum Gasteiger partial charge on any atom is 0.0932 e. The minimum Gasteiger partial charge on any atom is -0.391 e. The Balaban J connectivity index is 1.43. The monoisotopic (exact) mass is 334 g/mol. The third-order valence-corrected chi connectivity index (χ3v) is 4.79. The van der Waals surface area contributed by atoms with E-state index in [1.165, 1.54) is 5.56 Å². The molecule has 25 heavy (non-hydrogen) atoms. The van der Waals surface area contributed by atoms with E-state index in [-0.39, 0.29) is 18.2 Å². The lowest BCUT2D eigenvalue weighted by Crippen LogP contribution is -2.54. The molecule has 0 bridgehead atoms. The summed E-state index contributed by atoms with van der Waals surface area (Å²) in [7, 11) is 0. The van der Waals surface area contributed by atoms with E-state index in [9.17, 15) is 5.11 Å². The van der Waals surface area contributed by atoms with Gasteiger partial charge >= 0.3 is 0 Å². The summed E-state index contributed by atoms with van der Waals surface area (Å²) in [6.45, 7) is 2.77. The summed E-state index contributed by atoms with van der Waals surface area (Å²) in [4.78, 5) is 4.41. The molecule has 2 heterocycles. The van der Waals surface area contributed by atoms with E-state index in [0.29, 0.717) is 0 Å². The molecule has 3 aromatic rings. The van der Waals surface area contributed by atoms with Crippen LogP contribution in [0.15, 0.2) is 61.1 Å². The molecule has 1 fully saturated rings. The van der Waals surface area contributed by atoms with Gasteiger partial charge in [0.05, 0.1) is 24.0 Å². The lowest BCUT2D eigenvalue weighted by atomic mass is 9.83. The highest BCUT2D eigenvalue weighted by Gasteiger charge is 2.41. The van der Waals surface area contributed by atoms with E-state index in [1.807, 2.05) is 48.4 Å². The molecular weight excluding hydrogens is 312 g/mol. The number of hydrogen-bond acceptors (Lipinski definition) is 4. The number of pyridine rings is 1. The van der Waals surface area contributed by atoms with Crippen LogP contribution in [0.25, 0.3) is 11.3 Å². The van der Waals surface area contributed by atoms with Gasteiger partial charge in [-0.15, -0.1) is 0 Å². The van der Waals surface area contributed by atoms with Crippen LogP contribution in [0.3, 0.4) is 0 Å². The maximum atomic E-state index is 10.1. The van der Waals surface area contributed by atoms with Gasteiger partial charge in [-0.2, -0.15) is 5.10 Å². The average molecular weight is 334 g/mol. The molecular formula is C20H22N4O. The highest BCUT2D eigenvalue weighted by atomic mass is 16.3. The first kappa shape index (κ1) is 16.0. The van der Waals surface area contributed by atoms with E-state index in [4.69, 9.17) is 0 Å². The lowest BCUT2D eigenvalue weighted by Gasteiger charge is -2.42. The van der Waals surface area contributed by atoms with Crippen LogP contribution in [0.4, 0.5) is 0 Å². The molecule has 4 rings (SSSR count). The van der Waals surface area contributed by atoms with E-state index in [1.54, 1.807) is 0 Å². The van der Waals surface area contributed by atoms with E-state index >= 15 is 0 Å². The number of aliphatic hydroxyl groups excluding tert-OH is 1. The molecule has 3 atom stereocenters. The fraction of sp³-hybridized carbons (Fsp3) is 0.300. The summed E-state index contributed by atoms with van der Waals surface area (Å²) >= 11 is 0. The highest BCUT2D eigenvalue weighted by Crippen LogP contribution is 2.33. The van der Waals surface area contributed by atoms with Gasteiger partial charge in [-0.05, 0) is 42.7 Å². The normalized spacial score (nSPS) is 22.6. The number of nitrogens with zero attached hydrogens (tertiary/aromatic N) is 3. The Labute approximate surface area is 147 Å². The SMILES string of the molecule is Cc1cnn([C@H]2[C@H](O)C[C@@H]2NCc2cccc(-c3ccccn3)c2)c1. The van der Waals surface area contributed by atoms with Gasteiger partial charge in [-0.1, -0.05) is 24.3 Å². The van der Waals surface area contributed by atoms with Gasteiger partial charge in [0.1, 0.15) is 0 Å². The van der Waals surface area contributed by atoms with E-state index in [0.717, 1.165) is 29.8 Å². The van der Waals surface area contributed by atoms with Gasteiger partial charge in [-0.3, -0.25) is 9.67 Å². The van der Waals surface area contributed by atoms with Gasteiger partial charge in [0.2, 0.25) is 0 Å². The third-order valence-electron chi connectivity index (χ3n) is 4.79. The Morgan fingerprint density at radius 3 is 2.88 bits per heavy atom. The van der Waals surface area contributed by atoms with Crippen molar-refractivity contribution >= 4 is 0 Å². The van der Waals surface area contributed by atoms with Crippen LogP contribution < -0.4 is 5.32 Å². The predicted octanol–water partition coefficient (Wildman–Crippen LogP) is 2.72. The Morgan fingerprint density at radius 2 is 2.16 bits per heavy atom. The van der Waals surface area contributed by atoms with Gasteiger partial charge in [0.25, 0.3) is 0 Å². The molecule has 2 N–H and O–H groups in total. The van der Waals surface area contributed by atoms with Crippen molar-refractivity contribution in [2.24, 2.45) is 0 Å². The molecule has 128 valence electrons. The zero-order valence-corrected chi connectivity index (χ0v) is 14.2. The number of aromatic nitrogens is 3. The fourth-order valence-corrected chi connectivity index (χ4v) is 3.40. The number of rotatable bonds is 5. The number of hydrogen-bond donors (Lipinski definition) is 2. The standard InChI is InChI=1S/C20H22N4O/c1-14-11-23-24(13-14)20-18(10-19(20)25)22-12-15-5-4-6-16(9-15)17-7-2-3-8-21-17/h2-9,11,13,18-20,22,25H,10,12H2,1H3/t18-,19+,20+/m0/s1. The van der Waals surface area contributed by atoms with Crippen LogP contribution in [0.5, 0.6) is 0 Å². The van der Waals surface area contributed by atoms with Gasteiger partial charge in [-0.25, -0.2) is 0 Å². The van der Waals surface area contributed by atoms with Gasteiger partial charge in [0.15, 0.2) is 0 Å². The zero-order chi connectivity index (χ0) is 17.2. The van der Waals surface area contributed by atoms with Crippen molar-refractivity contribution in [3.8, 4) is 11.3 Å². The van der Waals surface area contributed by atoms with Gasteiger partial charge < -0.3 is 10.4 Å². The van der Waals surface area contributed by atoms with Crippen molar-refractivity contribution < 1.29 is 5.11 Å². The Morgan fingerprint density at radius 1 is 1.24 bits per heavy atom. The minimum atomic E-state index is -0.336. The van der Waals surface area contributed by atoms with Crippen LogP contribution in [0.2, 0.25) is 0 Å². The summed E-state index contributed by atoms with van der Waals surface area (Å²) in [5.41, 5.74) is 4.42.